The molecule has 2 unspecified atom stereocenters. The third-order valence-corrected chi connectivity index (χ3v) is 4.26. The van der Waals surface area contributed by atoms with Crippen LogP contribution in [0.25, 0.3) is 0 Å². The van der Waals surface area contributed by atoms with Crippen molar-refractivity contribution in [2.45, 2.75) is 47.4 Å². The minimum atomic E-state index is -0.319. The number of halogens is 2. The van der Waals surface area contributed by atoms with Crippen LogP contribution in [0.4, 0.5) is 0 Å². The predicted molar refractivity (Wildman–Crippen MR) is 82.5 cm³/mol. The van der Waals surface area contributed by atoms with Crippen LogP contribution in [0.15, 0.2) is 0 Å². The maximum Gasteiger partial charge on any atom is 0.321 e. The molecule has 0 fully saturated rings. The maximum absolute atomic E-state index is 11.4. The highest BCUT2D eigenvalue weighted by Crippen LogP contribution is 2.12. The number of rotatable bonds is 8. The fourth-order valence-corrected chi connectivity index (χ4v) is 2.67. The van der Waals surface area contributed by atoms with E-state index in [-0.39, 0.29) is 26.6 Å². The van der Waals surface area contributed by atoms with E-state index in [1.807, 2.05) is 59.0 Å². The molecule has 0 rings (SSSR count). The molecular formula is C11H18I2O4. The molecule has 2 atom stereocenters. The van der Waals surface area contributed by atoms with E-state index in [0.717, 1.165) is 25.7 Å². The van der Waals surface area contributed by atoms with E-state index in [1.54, 1.807) is 0 Å². The minimum absolute atomic E-state index is 0.164. The molecule has 0 aliphatic carbocycles. The monoisotopic (exact) mass is 468 g/mol. The van der Waals surface area contributed by atoms with Gasteiger partial charge < -0.3 is 9.47 Å². The van der Waals surface area contributed by atoms with Crippen LogP contribution in [0, 0.1) is 0 Å². The summed E-state index contributed by atoms with van der Waals surface area (Å²) in [5, 5.41) is 0. The van der Waals surface area contributed by atoms with E-state index in [0.29, 0.717) is 0 Å². The highest BCUT2D eigenvalue weighted by atomic mass is 127. The molecule has 0 spiro atoms. The minimum Gasteiger partial charge on any atom is -0.427 e. The number of alkyl halides is 2. The third-order valence-electron chi connectivity index (χ3n) is 2.00. The second-order valence-electron chi connectivity index (χ2n) is 3.56. The lowest BCUT2D eigenvalue weighted by molar-refractivity contribution is -0.166. The Kier molecular flexibility index (Phi) is 10.6. The normalized spacial score (nSPS) is 13.9. The molecule has 0 aromatic rings. The van der Waals surface area contributed by atoms with Crippen LogP contribution in [0.2, 0.25) is 0 Å². The van der Waals surface area contributed by atoms with E-state index < -0.39 is 0 Å². The molecule has 17 heavy (non-hydrogen) atoms. The number of esters is 2. The Labute approximate surface area is 129 Å². The summed E-state index contributed by atoms with van der Waals surface area (Å²) < 4.78 is 9.40. The van der Waals surface area contributed by atoms with Crippen molar-refractivity contribution in [3.8, 4) is 0 Å². The van der Waals surface area contributed by atoms with Gasteiger partial charge in [0.05, 0.1) is 0 Å². The largest absolute Gasteiger partial charge is 0.427 e. The first kappa shape index (κ1) is 17.4. The maximum atomic E-state index is 11.4. The second kappa shape index (κ2) is 10.3. The predicted octanol–water partition coefficient (Wildman–Crippen LogP) is 3.24. The number of carbonyl (C=O) groups excluding carboxylic acids is 2. The zero-order valence-corrected chi connectivity index (χ0v) is 14.4. The first-order valence-corrected chi connectivity index (χ1v) is 8.13. The molecule has 0 aromatic heterocycles. The first-order valence-electron chi connectivity index (χ1n) is 5.64. The van der Waals surface area contributed by atoms with Gasteiger partial charge in [0.15, 0.2) is 0 Å². The first-order chi connectivity index (χ1) is 8.02. The summed E-state index contributed by atoms with van der Waals surface area (Å²) >= 11 is 4.07. The Hall–Kier alpha value is 0.400. The van der Waals surface area contributed by atoms with Gasteiger partial charge in [0.1, 0.15) is 7.85 Å². The topological polar surface area (TPSA) is 52.6 Å². The molecule has 0 aliphatic rings. The smallest absolute Gasteiger partial charge is 0.321 e. The number of hydrogen-bond donors (Lipinski definition) is 0. The van der Waals surface area contributed by atoms with Crippen molar-refractivity contribution < 1.29 is 19.1 Å². The van der Waals surface area contributed by atoms with Crippen LogP contribution >= 0.6 is 45.2 Å². The molecule has 6 heteroatoms. The van der Waals surface area contributed by atoms with Gasteiger partial charge in [0.25, 0.3) is 0 Å². The average Bonchev–Trinajstić information content (AvgIpc) is 2.29. The van der Waals surface area contributed by atoms with E-state index in [4.69, 9.17) is 9.47 Å². The van der Waals surface area contributed by atoms with Gasteiger partial charge in [-0.3, -0.25) is 9.59 Å². The molecule has 4 nitrogen and oxygen atoms in total. The number of ether oxygens (including phenoxy) is 2. The fourth-order valence-electron chi connectivity index (χ4n) is 1.07. The zero-order chi connectivity index (χ0) is 13.3. The SMILES string of the molecule is CCCC(I)C(=O)OCOC(=O)C(I)CCC. The Morgan fingerprint density at radius 1 is 0.941 bits per heavy atom. The Morgan fingerprint density at radius 2 is 1.29 bits per heavy atom. The quantitative estimate of drug-likeness (QED) is 0.238. The summed E-state index contributed by atoms with van der Waals surface area (Å²) in [5.41, 5.74) is 0. The Balaban J connectivity index is 3.76. The van der Waals surface area contributed by atoms with Gasteiger partial charge >= 0.3 is 11.9 Å². The molecule has 0 N–H and O–H groups in total. The molecule has 0 radical (unpaired) electrons. The Bertz CT molecular complexity index is 222. The van der Waals surface area contributed by atoms with Crippen LogP contribution in [0.1, 0.15) is 39.5 Å². The van der Waals surface area contributed by atoms with Crippen LogP contribution in [0.5, 0.6) is 0 Å². The van der Waals surface area contributed by atoms with E-state index in [1.165, 1.54) is 0 Å². The molecule has 0 aromatic carbocycles. The Morgan fingerprint density at radius 3 is 1.59 bits per heavy atom. The zero-order valence-electron chi connectivity index (χ0n) is 10.1. The second-order valence-corrected chi connectivity index (χ2v) is 6.56. The molecule has 0 heterocycles. The van der Waals surface area contributed by atoms with Gasteiger partial charge in [0.2, 0.25) is 6.79 Å². The molecular weight excluding hydrogens is 450 g/mol. The van der Waals surface area contributed by atoms with Crippen molar-refractivity contribution >= 4 is 57.1 Å². The van der Waals surface area contributed by atoms with Crippen molar-refractivity contribution in [3.63, 3.8) is 0 Å². The molecule has 0 saturated heterocycles. The molecule has 100 valence electrons. The van der Waals surface area contributed by atoms with E-state index >= 15 is 0 Å². The fraction of sp³-hybridized carbons (Fsp3) is 0.818. The van der Waals surface area contributed by atoms with Crippen LogP contribution < -0.4 is 0 Å². The average molecular weight is 468 g/mol. The highest BCUT2D eigenvalue weighted by molar-refractivity contribution is 14.1. The lowest BCUT2D eigenvalue weighted by Gasteiger charge is -2.11. The summed E-state index contributed by atoms with van der Waals surface area (Å²) in [7, 11) is 0. The van der Waals surface area contributed by atoms with Crippen molar-refractivity contribution in [1.82, 2.24) is 0 Å². The lowest BCUT2D eigenvalue weighted by Crippen LogP contribution is -2.23. The summed E-state index contributed by atoms with van der Waals surface area (Å²) in [6.07, 6.45) is 3.40. The van der Waals surface area contributed by atoms with Gasteiger partial charge in [-0.15, -0.1) is 0 Å². The van der Waals surface area contributed by atoms with Gasteiger partial charge in [0, 0.05) is 0 Å². The van der Waals surface area contributed by atoms with Gasteiger partial charge in [-0.25, -0.2) is 0 Å². The van der Waals surface area contributed by atoms with Crippen molar-refractivity contribution in [1.29, 1.82) is 0 Å². The van der Waals surface area contributed by atoms with Gasteiger partial charge in [-0.2, -0.15) is 0 Å². The van der Waals surface area contributed by atoms with Crippen LogP contribution in [0.3, 0.4) is 0 Å². The molecule has 0 aliphatic heterocycles. The van der Waals surface area contributed by atoms with E-state index in [2.05, 4.69) is 0 Å². The van der Waals surface area contributed by atoms with Crippen LogP contribution in [-0.4, -0.2) is 26.6 Å². The van der Waals surface area contributed by atoms with Crippen molar-refractivity contribution in [2.75, 3.05) is 6.79 Å². The number of hydrogen-bond acceptors (Lipinski definition) is 4. The van der Waals surface area contributed by atoms with Gasteiger partial charge in [-0.05, 0) is 12.8 Å². The molecule has 0 bridgehead atoms. The third kappa shape index (κ3) is 8.17. The highest BCUT2D eigenvalue weighted by Gasteiger charge is 2.18. The van der Waals surface area contributed by atoms with Gasteiger partial charge in [-0.1, -0.05) is 71.9 Å². The van der Waals surface area contributed by atoms with Crippen molar-refractivity contribution in [2.24, 2.45) is 0 Å². The van der Waals surface area contributed by atoms with E-state index in [9.17, 15) is 9.59 Å². The summed E-state index contributed by atoms with van der Waals surface area (Å²) in [6, 6.07) is 0. The summed E-state index contributed by atoms with van der Waals surface area (Å²) in [5.74, 6) is -0.638. The number of carbonyl (C=O) groups is 2. The summed E-state index contributed by atoms with van der Waals surface area (Å²) in [4.78, 5) is 22.8. The standard InChI is InChI=1S/C11H18I2O4/c1-3-5-8(12)10(14)16-7-17-11(15)9(13)6-4-2/h8-9H,3-7H2,1-2H3. The summed E-state index contributed by atoms with van der Waals surface area (Å²) in [6.45, 7) is 3.74. The molecule has 0 saturated carbocycles. The van der Waals surface area contributed by atoms with Crippen LogP contribution in [-0.2, 0) is 19.1 Å². The van der Waals surface area contributed by atoms with Crippen molar-refractivity contribution in [3.05, 3.63) is 0 Å². The lowest BCUT2D eigenvalue weighted by atomic mass is 10.2. The molecule has 0 amide bonds.